The smallest absolute Gasteiger partial charge is 0.246 e. The molecule has 1 N–H and O–H groups in total. The van der Waals surface area contributed by atoms with Gasteiger partial charge in [-0.15, -0.1) is 0 Å². The van der Waals surface area contributed by atoms with E-state index < -0.39 is 17.6 Å². The highest BCUT2D eigenvalue weighted by Gasteiger charge is 2.32. The molecule has 0 aliphatic carbocycles. The van der Waals surface area contributed by atoms with E-state index in [0.29, 0.717) is 21.7 Å². The molecule has 1 heterocycles. The van der Waals surface area contributed by atoms with Gasteiger partial charge in [0.1, 0.15) is 17.6 Å². The van der Waals surface area contributed by atoms with E-state index in [1.807, 2.05) is 78.5 Å². The van der Waals surface area contributed by atoms with Crippen molar-refractivity contribution < 1.29 is 9.53 Å². The molecule has 3 atom stereocenters. The Kier molecular flexibility index (Phi) is 9.27. The number of halogens is 4. The first-order chi connectivity index (χ1) is 17.7. The summed E-state index contributed by atoms with van der Waals surface area (Å²) in [7, 11) is 0. The molecule has 0 spiro atoms. The second kappa shape index (κ2) is 12.4. The molecule has 37 heavy (non-hydrogen) atoms. The molecule has 0 saturated carbocycles. The van der Waals surface area contributed by atoms with Gasteiger partial charge in [0.05, 0.1) is 13.3 Å². The van der Waals surface area contributed by atoms with Crippen LogP contribution in [0, 0.1) is 6.92 Å². The highest BCUT2D eigenvalue weighted by atomic mass is 35.5. The molecule has 0 fully saturated rings. The van der Waals surface area contributed by atoms with Gasteiger partial charge in [-0.3, -0.25) is 4.79 Å². The van der Waals surface area contributed by atoms with Crippen LogP contribution in [0.5, 0.6) is 0 Å². The number of hydrogen-bond acceptors (Lipinski definition) is 4. The molecule has 1 aliphatic rings. The largest absolute Gasteiger partial charge is 0.365 e. The Morgan fingerprint density at radius 1 is 0.973 bits per heavy atom. The van der Waals surface area contributed by atoms with Crippen molar-refractivity contribution in [2.24, 2.45) is 0 Å². The van der Waals surface area contributed by atoms with Crippen LogP contribution in [0.4, 0.5) is 5.69 Å². The second-order valence-corrected chi connectivity index (χ2v) is 10.6. The van der Waals surface area contributed by atoms with E-state index in [1.54, 1.807) is 24.3 Å². The standard InChI is InChI=1S/C28H27Cl4N3O2/c1-18-5-3-4-6-25(18)33-28(36)19(2)34-13-14-35(17-34)27(32)26(20-7-10-22(29)11-8-20)37-16-21-9-12-23(30)15-24(21)31/h3-15,19,26-27H,16-17H2,1-2H3,(H,33,36). The number of anilines is 1. The molecule has 194 valence electrons. The fraction of sp³-hybridized carbons (Fsp3) is 0.250. The number of carbonyl (C=O) groups is 1. The number of alkyl halides is 1. The summed E-state index contributed by atoms with van der Waals surface area (Å²) in [6, 6.07) is 20.0. The quantitative estimate of drug-likeness (QED) is 0.207. The van der Waals surface area contributed by atoms with Crippen LogP contribution in [0.1, 0.15) is 29.7 Å². The van der Waals surface area contributed by atoms with Gasteiger partial charge in [0.25, 0.3) is 0 Å². The SMILES string of the molecule is Cc1ccccc1NC(=O)C(C)N1C=CN(C(Cl)C(OCc2ccc(Cl)cc2Cl)c2ccc(Cl)cc2)C1. The lowest BCUT2D eigenvalue weighted by molar-refractivity contribution is -0.120. The van der Waals surface area contributed by atoms with Crippen molar-refractivity contribution in [2.75, 3.05) is 12.0 Å². The zero-order valence-electron chi connectivity index (χ0n) is 20.4. The number of nitrogens with zero attached hydrogens (tertiary/aromatic N) is 2. The summed E-state index contributed by atoms with van der Waals surface area (Å²) >= 11 is 25.5. The van der Waals surface area contributed by atoms with Gasteiger partial charge in [0.15, 0.2) is 0 Å². The minimum absolute atomic E-state index is 0.102. The van der Waals surface area contributed by atoms with Crippen molar-refractivity contribution in [3.63, 3.8) is 0 Å². The van der Waals surface area contributed by atoms with Crippen molar-refractivity contribution >= 4 is 58.0 Å². The van der Waals surface area contributed by atoms with E-state index in [9.17, 15) is 4.79 Å². The summed E-state index contributed by atoms with van der Waals surface area (Å²) in [6.45, 7) is 4.49. The van der Waals surface area contributed by atoms with Crippen LogP contribution >= 0.6 is 46.4 Å². The molecule has 5 nitrogen and oxygen atoms in total. The van der Waals surface area contributed by atoms with Crippen LogP contribution in [0.3, 0.4) is 0 Å². The fourth-order valence-electron chi connectivity index (χ4n) is 3.95. The lowest BCUT2D eigenvalue weighted by Gasteiger charge is -2.33. The zero-order valence-corrected chi connectivity index (χ0v) is 23.4. The normalized spacial score (nSPS) is 15.5. The van der Waals surface area contributed by atoms with Crippen LogP contribution in [0.2, 0.25) is 15.1 Å². The Balaban J connectivity index is 1.45. The Hall–Kier alpha value is -2.41. The average Bonchev–Trinajstić information content (AvgIpc) is 3.37. The Labute approximate surface area is 237 Å². The predicted octanol–water partition coefficient (Wildman–Crippen LogP) is 7.85. The Bertz CT molecular complexity index is 1270. The molecule has 9 heteroatoms. The summed E-state index contributed by atoms with van der Waals surface area (Å²) in [5, 5.41) is 4.71. The van der Waals surface area contributed by atoms with Gasteiger partial charge in [-0.05, 0) is 60.9 Å². The van der Waals surface area contributed by atoms with Crippen molar-refractivity contribution in [3.8, 4) is 0 Å². The first-order valence-electron chi connectivity index (χ1n) is 11.7. The van der Waals surface area contributed by atoms with Gasteiger partial charge in [-0.1, -0.05) is 82.8 Å². The molecule has 0 radical (unpaired) electrons. The Morgan fingerprint density at radius 2 is 1.65 bits per heavy atom. The van der Waals surface area contributed by atoms with E-state index in [2.05, 4.69) is 5.32 Å². The van der Waals surface area contributed by atoms with E-state index in [-0.39, 0.29) is 12.5 Å². The third-order valence-corrected chi connectivity index (χ3v) is 7.57. The summed E-state index contributed by atoms with van der Waals surface area (Å²) < 4.78 is 6.31. The molecule has 3 aromatic carbocycles. The molecule has 0 aromatic heterocycles. The number of rotatable bonds is 9. The molecule has 1 aliphatic heterocycles. The minimum atomic E-state index is -0.569. The zero-order chi connectivity index (χ0) is 26.5. The molecule has 1 amide bonds. The maximum atomic E-state index is 12.9. The number of para-hydroxylation sites is 1. The number of ether oxygens (including phenoxy) is 1. The molecular formula is C28H27Cl4N3O2. The lowest BCUT2D eigenvalue weighted by atomic mass is 10.1. The van der Waals surface area contributed by atoms with Crippen molar-refractivity contribution in [2.45, 2.75) is 38.1 Å². The van der Waals surface area contributed by atoms with Crippen molar-refractivity contribution in [1.82, 2.24) is 9.80 Å². The lowest BCUT2D eigenvalue weighted by Crippen LogP contribution is -2.42. The van der Waals surface area contributed by atoms with E-state index in [1.165, 1.54) is 0 Å². The molecular weight excluding hydrogens is 552 g/mol. The number of nitrogens with one attached hydrogen (secondary N) is 1. The van der Waals surface area contributed by atoms with Gasteiger partial charge >= 0.3 is 0 Å². The molecule has 0 saturated heterocycles. The molecule has 4 rings (SSSR count). The number of amides is 1. The average molecular weight is 579 g/mol. The maximum absolute atomic E-state index is 12.9. The van der Waals surface area contributed by atoms with Crippen LogP contribution in [-0.4, -0.2) is 33.9 Å². The minimum Gasteiger partial charge on any atom is -0.365 e. The summed E-state index contributed by atoms with van der Waals surface area (Å²) in [5.41, 5.74) is 2.90. The van der Waals surface area contributed by atoms with Gasteiger partial charge in [0.2, 0.25) is 5.91 Å². The van der Waals surface area contributed by atoms with Crippen LogP contribution < -0.4 is 5.32 Å². The van der Waals surface area contributed by atoms with E-state index in [4.69, 9.17) is 51.1 Å². The number of aryl methyl sites for hydroxylation is 1. The number of benzene rings is 3. The molecule has 3 aromatic rings. The third kappa shape index (κ3) is 6.92. The fourth-order valence-corrected chi connectivity index (χ4v) is 4.88. The highest BCUT2D eigenvalue weighted by molar-refractivity contribution is 6.35. The van der Waals surface area contributed by atoms with Gasteiger partial charge in [-0.25, -0.2) is 0 Å². The van der Waals surface area contributed by atoms with Gasteiger partial charge in [-0.2, -0.15) is 0 Å². The topological polar surface area (TPSA) is 44.8 Å². The van der Waals surface area contributed by atoms with Gasteiger partial charge in [0, 0.05) is 33.2 Å². The third-order valence-electron chi connectivity index (χ3n) is 6.25. The molecule has 0 bridgehead atoms. The highest BCUT2D eigenvalue weighted by Crippen LogP contribution is 2.33. The van der Waals surface area contributed by atoms with E-state index in [0.717, 1.165) is 22.4 Å². The van der Waals surface area contributed by atoms with E-state index >= 15 is 0 Å². The second-order valence-electron chi connectivity index (χ2n) is 8.84. The monoisotopic (exact) mass is 577 g/mol. The first kappa shape index (κ1) is 27.6. The summed E-state index contributed by atoms with van der Waals surface area (Å²) in [4.78, 5) is 16.8. The van der Waals surface area contributed by atoms with Crippen LogP contribution in [-0.2, 0) is 16.1 Å². The summed E-state index contributed by atoms with van der Waals surface area (Å²) in [5.74, 6) is -0.102. The van der Waals surface area contributed by atoms with Crippen LogP contribution in [0.25, 0.3) is 0 Å². The molecule has 3 unspecified atom stereocenters. The van der Waals surface area contributed by atoms with Crippen molar-refractivity contribution in [1.29, 1.82) is 0 Å². The van der Waals surface area contributed by atoms with Crippen molar-refractivity contribution in [3.05, 3.63) is 111 Å². The maximum Gasteiger partial charge on any atom is 0.246 e. The first-order valence-corrected chi connectivity index (χ1v) is 13.3. The number of carbonyl (C=O) groups excluding carboxylic acids is 1. The van der Waals surface area contributed by atoms with Gasteiger partial charge < -0.3 is 19.9 Å². The predicted molar refractivity (Wildman–Crippen MR) is 152 cm³/mol. The number of hydrogen-bond donors (Lipinski definition) is 1. The van der Waals surface area contributed by atoms with Crippen LogP contribution in [0.15, 0.2) is 79.1 Å². The Morgan fingerprint density at radius 3 is 2.35 bits per heavy atom. The summed E-state index contributed by atoms with van der Waals surface area (Å²) in [6.07, 6.45) is 3.23.